The Morgan fingerprint density at radius 2 is 1.67 bits per heavy atom. The summed E-state index contributed by atoms with van der Waals surface area (Å²) in [5.41, 5.74) is 4.84. The number of pyridine rings is 2. The van der Waals surface area contributed by atoms with Crippen molar-refractivity contribution >= 4 is 34.1 Å². The van der Waals surface area contributed by atoms with Crippen LogP contribution in [0, 0.1) is 6.92 Å². The molecule has 0 saturated carbocycles. The first-order valence-electron chi connectivity index (χ1n) is 9.51. The average Bonchev–Trinajstić information content (AvgIpc) is 2.76. The number of amides is 2. The fraction of sp³-hybridized carbons (Fsp3) is 0.0833. The van der Waals surface area contributed by atoms with Crippen molar-refractivity contribution in [2.45, 2.75) is 13.8 Å². The lowest BCUT2D eigenvalue weighted by Crippen LogP contribution is -2.15. The number of para-hydroxylation sites is 1. The lowest BCUT2D eigenvalue weighted by atomic mass is 10.0. The molecule has 0 unspecified atom stereocenters. The van der Waals surface area contributed by atoms with E-state index in [2.05, 4.69) is 15.6 Å². The Labute approximate surface area is 174 Å². The molecule has 0 spiro atoms. The second kappa shape index (κ2) is 8.13. The van der Waals surface area contributed by atoms with Crippen molar-refractivity contribution in [3.05, 3.63) is 84.2 Å². The van der Waals surface area contributed by atoms with E-state index in [0.717, 1.165) is 22.0 Å². The first-order valence-corrected chi connectivity index (χ1v) is 9.51. The average molecular weight is 396 g/mol. The predicted molar refractivity (Wildman–Crippen MR) is 118 cm³/mol. The largest absolute Gasteiger partial charge is 0.326 e. The number of rotatable bonds is 4. The van der Waals surface area contributed by atoms with Crippen molar-refractivity contribution in [2.75, 3.05) is 10.6 Å². The van der Waals surface area contributed by atoms with Gasteiger partial charge in [-0.25, -0.2) is 4.98 Å². The summed E-state index contributed by atoms with van der Waals surface area (Å²) in [6.45, 7) is 3.31. The maximum Gasteiger partial charge on any atom is 0.256 e. The lowest BCUT2D eigenvalue weighted by molar-refractivity contribution is -0.114. The van der Waals surface area contributed by atoms with Crippen LogP contribution in [-0.4, -0.2) is 21.8 Å². The van der Waals surface area contributed by atoms with Crippen LogP contribution < -0.4 is 10.6 Å². The molecule has 0 fully saturated rings. The number of aromatic nitrogens is 2. The summed E-state index contributed by atoms with van der Waals surface area (Å²) >= 11 is 0. The van der Waals surface area contributed by atoms with E-state index in [9.17, 15) is 9.59 Å². The summed E-state index contributed by atoms with van der Waals surface area (Å²) in [4.78, 5) is 33.5. The van der Waals surface area contributed by atoms with Gasteiger partial charge >= 0.3 is 0 Å². The maximum absolute atomic E-state index is 13.3. The number of carbonyl (C=O) groups is 2. The van der Waals surface area contributed by atoms with Gasteiger partial charge in [0.1, 0.15) is 0 Å². The van der Waals surface area contributed by atoms with Gasteiger partial charge in [-0.15, -0.1) is 0 Å². The van der Waals surface area contributed by atoms with Gasteiger partial charge in [-0.3, -0.25) is 14.6 Å². The summed E-state index contributed by atoms with van der Waals surface area (Å²) in [6.07, 6.45) is 3.42. The fourth-order valence-electron chi connectivity index (χ4n) is 3.31. The number of carbonyl (C=O) groups excluding carboxylic acids is 2. The summed E-state index contributed by atoms with van der Waals surface area (Å²) in [5, 5.41) is 6.52. The normalized spacial score (nSPS) is 10.6. The quantitative estimate of drug-likeness (QED) is 0.518. The molecule has 0 radical (unpaired) electrons. The first-order chi connectivity index (χ1) is 14.5. The molecule has 4 aromatic rings. The maximum atomic E-state index is 13.3. The van der Waals surface area contributed by atoms with Gasteiger partial charge in [0.2, 0.25) is 5.91 Å². The van der Waals surface area contributed by atoms with Gasteiger partial charge in [0.15, 0.2) is 0 Å². The molecule has 2 heterocycles. The molecular formula is C24H20N4O2. The molecule has 0 aliphatic heterocycles. The van der Waals surface area contributed by atoms with Crippen molar-refractivity contribution in [1.29, 1.82) is 0 Å². The molecule has 148 valence electrons. The van der Waals surface area contributed by atoms with Crippen molar-refractivity contribution in [3.63, 3.8) is 0 Å². The fourth-order valence-corrected chi connectivity index (χ4v) is 3.31. The molecule has 2 aromatic carbocycles. The molecule has 0 bridgehead atoms. The van der Waals surface area contributed by atoms with Gasteiger partial charge < -0.3 is 10.6 Å². The molecule has 0 aliphatic carbocycles. The summed E-state index contributed by atoms with van der Waals surface area (Å²) in [7, 11) is 0. The van der Waals surface area contributed by atoms with E-state index >= 15 is 0 Å². The van der Waals surface area contributed by atoms with Crippen LogP contribution in [0.25, 0.3) is 22.2 Å². The molecular weight excluding hydrogens is 376 g/mol. The Kier molecular flexibility index (Phi) is 5.22. The molecule has 6 heteroatoms. The number of hydrogen-bond acceptors (Lipinski definition) is 4. The molecule has 0 atom stereocenters. The minimum atomic E-state index is -0.248. The van der Waals surface area contributed by atoms with Crippen LogP contribution in [-0.2, 0) is 4.79 Å². The number of nitrogens with one attached hydrogen (secondary N) is 2. The molecule has 2 amide bonds. The zero-order chi connectivity index (χ0) is 21.1. The topological polar surface area (TPSA) is 84.0 Å². The third-order valence-electron chi connectivity index (χ3n) is 4.81. The lowest BCUT2D eigenvalue weighted by Gasteiger charge is -2.14. The van der Waals surface area contributed by atoms with Gasteiger partial charge in [-0.2, -0.15) is 0 Å². The third kappa shape index (κ3) is 3.89. The molecule has 2 aromatic heterocycles. The smallest absolute Gasteiger partial charge is 0.256 e. The van der Waals surface area contributed by atoms with Gasteiger partial charge in [-0.05, 0) is 48.9 Å². The van der Waals surface area contributed by atoms with Crippen molar-refractivity contribution in [3.8, 4) is 11.3 Å². The second-order valence-corrected chi connectivity index (χ2v) is 6.93. The van der Waals surface area contributed by atoms with E-state index in [1.54, 1.807) is 30.6 Å². The van der Waals surface area contributed by atoms with E-state index in [1.807, 2.05) is 49.4 Å². The first kappa shape index (κ1) is 19.3. The van der Waals surface area contributed by atoms with Crippen LogP contribution in [0.2, 0.25) is 0 Å². The Balaban J connectivity index is 1.76. The Morgan fingerprint density at radius 1 is 0.900 bits per heavy atom. The molecule has 2 N–H and O–H groups in total. The van der Waals surface area contributed by atoms with Crippen LogP contribution in [0.3, 0.4) is 0 Å². The zero-order valence-corrected chi connectivity index (χ0v) is 16.6. The number of fused-ring (bicyclic) bond motifs is 1. The minimum absolute atomic E-state index is 0.164. The Hall–Kier alpha value is -4.06. The van der Waals surface area contributed by atoms with E-state index in [4.69, 9.17) is 4.98 Å². The van der Waals surface area contributed by atoms with Crippen LogP contribution in [0.1, 0.15) is 22.8 Å². The van der Waals surface area contributed by atoms with E-state index in [0.29, 0.717) is 22.6 Å². The second-order valence-electron chi connectivity index (χ2n) is 6.93. The van der Waals surface area contributed by atoms with E-state index in [-0.39, 0.29) is 11.8 Å². The van der Waals surface area contributed by atoms with Gasteiger partial charge in [-0.1, -0.05) is 24.3 Å². The molecule has 30 heavy (non-hydrogen) atoms. The van der Waals surface area contributed by atoms with Crippen LogP contribution >= 0.6 is 0 Å². The highest BCUT2D eigenvalue weighted by Crippen LogP contribution is 2.27. The summed E-state index contributed by atoms with van der Waals surface area (Å²) in [5.74, 6) is -0.412. The van der Waals surface area contributed by atoms with Crippen LogP contribution in [0.5, 0.6) is 0 Å². The highest BCUT2D eigenvalue weighted by molar-refractivity contribution is 6.13. The monoisotopic (exact) mass is 396 g/mol. The third-order valence-corrected chi connectivity index (χ3v) is 4.81. The van der Waals surface area contributed by atoms with Crippen molar-refractivity contribution < 1.29 is 9.59 Å². The summed E-state index contributed by atoms with van der Waals surface area (Å²) in [6, 6.07) is 18.5. The molecule has 0 saturated heterocycles. The van der Waals surface area contributed by atoms with Crippen LogP contribution in [0.15, 0.2) is 73.1 Å². The standard InChI is InChI=1S/C24H20N4O2/c1-15-20(26-16(2)29)10-5-11-21(15)28-24(30)19-13-23(17-7-6-12-25-14-17)27-22-9-4-3-8-18(19)22/h3-14H,1-2H3,(H,26,29)(H,28,30). The van der Waals surface area contributed by atoms with E-state index < -0.39 is 0 Å². The predicted octanol–water partition coefficient (Wildman–Crippen LogP) is 4.82. The Morgan fingerprint density at radius 3 is 2.40 bits per heavy atom. The number of anilines is 2. The minimum Gasteiger partial charge on any atom is -0.326 e. The Bertz CT molecular complexity index is 1250. The highest BCUT2D eigenvalue weighted by Gasteiger charge is 2.16. The van der Waals surface area contributed by atoms with Gasteiger partial charge in [0.25, 0.3) is 5.91 Å². The molecule has 0 aliphatic rings. The van der Waals surface area contributed by atoms with Crippen LogP contribution in [0.4, 0.5) is 11.4 Å². The van der Waals surface area contributed by atoms with E-state index in [1.165, 1.54) is 6.92 Å². The van der Waals surface area contributed by atoms with Gasteiger partial charge in [0, 0.05) is 41.6 Å². The number of nitrogens with zero attached hydrogens (tertiary/aromatic N) is 2. The highest BCUT2D eigenvalue weighted by atomic mass is 16.2. The zero-order valence-electron chi connectivity index (χ0n) is 16.6. The molecule has 6 nitrogen and oxygen atoms in total. The SMILES string of the molecule is CC(=O)Nc1cccc(NC(=O)c2cc(-c3cccnc3)nc3ccccc23)c1C. The number of hydrogen-bond donors (Lipinski definition) is 2. The molecule has 4 rings (SSSR count). The van der Waals surface area contributed by atoms with Gasteiger partial charge in [0.05, 0.1) is 16.8 Å². The van der Waals surface area contributed by atoms with Crippen molar-refractivity contribution in [2.24, 2.45) is 0 Å². The van der Waals surface area contributed by atoms with Crippen molar-refractivity contribution in [1.82, 2.24) is 9.97 Å². The number of benzene rings is 2. The summed E-state index contributed by atoms with van der Waals surface area (Å²) < 4.78 is 0.